The van der Waals surface area contributed by atoms with E-state index in [1.54, 1.807) is 50.0 Å². The summed E-state index contributed by atoms with van der Waals surface area (Å²) < 4.78 is 47.9. The molecule has 38 heteroatoms. The van der Waals surface area contributed by atoms with E-state index >= 15 is 0 Å². The number of aromatic nitrogens is 24. The van der Waals surface area contributed by atoms with Gasteiger partial charge in [-0.2, -0.15) is 25.7 Å². The van der Waals surface area contributed by atoms with E-state index in [0.717, 1.165) is 233 Å². The molecule has 7 fully saturated rings. The third-order valence-corrected chi connectivity index (χ3v) is 27.4. The van der Waals surface area contributed by atoms with Gasteiger partial charge in [0, 0.05) is 151 Å². The largest absolute Gasteiger partial charge is 2.00 e. The van der Waals surface area contributed by atoms with Gasteiger partial charge in [-0.25, -0.2) is 44.3 Å². The third-order valence-electron chi connectivity index (χ3n) is 26.6. The van der Waals surface area contributed by atoms with Gasteiger partial charge in [0.2, 0.25) is 5.65 Å². The standard InChI is InChI=1S/C22H24N6O.C21H20N6O.C20H17N7.C14H16BN3O2.C12H13BrN4.2C4H8O.2CH3.2BrH.2Mg/c1-22(2,29)17-12-23-18-8-5-14(13-27(17)18)21-20(24-19-4-3-10-26(19)21)16-9-11-28(25-16)15-6-7-15;1-13(28)17-11-22-18-7-4-14(12-26(17)18)21-20(23-19-3-2-9-25(19)21)16-8-10-27(24-16)15-5-6-15;1-21-18-11-22-16-7-4-13(12-26(16)18)20-19(23-17-3-2-9-25(17)20)15-8-10-27(24-15)14-5-6-14;1-13(2)14(3,4)20-15(19-13)10-5-6-12-17-8-11(7-16)18(12)9-10;13-12-11(14-10-2-1-6-16(10)12)9-5-7-17(15-9)8-3-4-8;2*1-2-4-5-3-1;;;;;;/h5,8-9,11-13,15,29H,3-4,6-7,10H2,1-2H3;4,7-8,10-12,15H,2-3,5-6,9H2,1H3;4,7-8,10-12,14H,2-3,5-6,9H2;5-6,8-9H,1-4H3;5,7-8H,1-4,6H2;2*1-4H2;2*1H3;2*1H;;/q;;;;;;;2*-1;;;2*+2/p-2. The van der Waals surface area contributed by atoms with Crippen molar-refractivity contribution in [2.75, 3.05) is 26.4 Å². The molecule has 32 nitrogen and oxygen atoms in total. The van der Waals surface area contributed by atoms with Crippen molar-refractivity contribution >= 4 is 109 Å². The number of halogens is 3. The first-order valence-electron chi connectivity index (χ1n) is 46.3. The van der Waals surface area contributed by atoms with Crippen LogP contribution in [0.1, 0.15) is 221 Å². The maximum absolute atomic E-state index is 12.0. The second kappa shape index (κ2) is 42.2. The predicted octanol–water partition coefficient (Wildman–Crippen LogP) is 11.0. The number of nitrogens with zero attached hydrogens (tertiary/aromatic N) is 26. The molecule has 27 rings (SSSR count). The first-order valence-corrected chi connectivity index (χ1v) is 47.1. The van der Waals surface area contributed by atoms with E-state index in [1.807, 2.05) is 89.8 Å². The molecule has 702 valence electrons. The Kier molecular flexibility index (Phi) is 31.2. The number of fused-ring (bicyclic) bond motifs is 8. The van der Waals surface area contributed by atoms with Crippen molar-refractivity contribution in [1.82, 2.24) is 115 Å². The molecule has 11 aliphatic rings. The summed E-state index contributed by atoms with van der Waals surface area (Å²) in [4.78, 5) is 52.4. The molecule has 16 aromatic heterocycles. The third kappa shape index (κ3) is 20.8. The second-order valence-corrected chi connectivity index (χ2v) is 38.0. The second-order valence-electron chi connectivity index (χ2n) is 37.3. The van der Waals surface area contributed by atoms with Crippen LogP contribution in [-0.4, -0.2) is 217 Å². The van der Waals surface area contributed by atoms with Crippen molar-refractivity contribution in [3.8, 4) is 85.4 Å². The van der Waals surface area contributed by atoms with Crippen LogP contribution in [-0.2, 0) is 76.2 Å². The first kappa shape index (κ1) is 101. The molecule has 16 aromatic rings. The van der Waals surface area contributed by atoms with Crippen molar-refractivity contribution in [3.63, 3.8) is 0 Å². The smallest absolute Gasteiger partial charge is 1.00 e. The molecule has 0 amide bonds. The molecule has 4 aliphatic carbocycles. The number of hydrogen-bond donors (Lipinski definition) is 1. The van der Waals surface area contributed by atoms with Gasteiger partial charge in [-0.05, 0) is 226 Å². The number of rotatable bonds is 14. The van der Waals surface area contributed by atoms with Gasteiger partial charge in [0.15, 0.2) is 5.78 Å². The summed E-state index contributed by atoms with van der Waals surface area (Å²) in [5, 5.41) is 38.7. The summed E-state index contributed by atoms with van der Waals surface area (Å²) in [6, 6.07) is 28.6. The molecule has 137 heavy (non-hydrogen) atoms. The minimum atomic E-state index is -0.969. The summed E-state index contributed by atoms with van der Waals surface area (Å²) in [7, 11) is -0.432. The Morgan fingerprint density at radius 3 is 1.23 bits per heavy atom. The minimum absolute atomic E-state index is 0. The van der Waals surface area contributed by atoms with Crippen LogP contribution in [0.5, 0.6) is 0 Å². The molecule has 0 atom stereocenters. The number of carbonyl (C=O) groups excluding carboxylic acids is 1. The van der Waals surface area contributed by atoms with Gasteiger partial charge >= 0.3 is 53.2 Å². The van der Waals surface area contributed by atoms with Gasteiger partial charge in [-0.1, -0.05) is 12.6 Å². The number of imidazole rings is 8. The molecule has 4 saturated carbocycles. The Morgan fingerprint density at radius 2 is 0.839 bits per heavy atom. The molecule has 3 saturated heterocycles. The van der Waals surface area contributed by atoms with E-state index in [4.69, 9.17) is 65.8 Å². The molecule has 0 bridgehead atoms. The van der Waals surface area contributed by atoms with Crippen LogP contribution < -0.4 is 39.4 Å². The fourth-order valence-corrected chi connectivity index (χ4v) is 18.9. The van der Waals surface area contributed by atoms with E-state index in [-0.39, 0.29) is 112 Å². The Labute approximate surface area is 858 Å². The van der Waals surface area contributed by atoms with Crippen LogP contribution in [0.2, 0.25) is 0 Å². The molecule has 0 unspecified atom stereocenters. The van der Waals surface area contributed by atoms with Crippen LogP contribution in [0, 0.1) is 32.8 Å². The van der Waals surface area contributed by atoms with Gasteiger partial charge in [-0.3, -0.25) is 32.3 Å². The van der Waals surface area contributed by atoms with Gasteiger partial charge in [-0.15, -0.1) is 0 Å². The number of ether oxygens (including phenoxy) is 2. The number of aryl methyl sites for hydroxylation is 4. The van der Waals surface area contributed by atoms with Gasteiger partial charge in [0.05, 0.1) is 89.1 Å². The number of pyridine rings is 4. The number of ketones is 1. The Hall–Kier alpha value is -10.1. The average Bonchev–Trinajstić information content (AvgIpc) is 1.60. The normalized spacial score (nSPS) is 17.0. The van der Waals surface area contributed by atoms with E-state index in [0.29, 0.717) is 41.4 Å². The summed E-state index contributed by atoms with van der Waals surface area (Å²) in [5.41, 5.74) is 18.2. The van der Waals surface area contributed by atoms with Gasteiger partial charge in [0.25, 0.3) is 5.82 Å². The number of aliphatic hydroxyl groups is 1. The molecule has 0 spiro atoms. The van der Waals surface area contributed by atoms with E-state index in [1.165, 1.54) is 89.3 Å². The minimum Gasteiger partial charge on any atom is -1.00 e. The maximum atomic E-state index is 12.0. The zero-order chi connectivity index (χ0) is 89.6. The number of Topliss-reactive ketones (excluding diaryl/α,β-unsaturated/α-hetero) is 1. The summed E-state index contributed by atoms with van der Waals surface area (Å²) in [6.07, 6.45) is 46.3. The van der Waals surface area contributed by atoms with Crippen LogP contribution in [0.15, 0.2) is 152 Å². The van der Waals surface area contributed by atoms with Crippen LogP contribution in [0.3, 0.4) is 0 Å². The van der Waals surface area contributed by atoms with E-state index in [2.05, 4.69) is 162 Å². The molecule has 7 aliphatic heterocycles. The van der Waals surface area contributed by atoms with E-state index in [9.17, 15) is 9.90 Å². The Balaban J connectivity index is 0.000000126. The Morgan fingerprint density at radius 1 is 0.482 bits per heavy atom. The first-order chi connectivity index (χ1) is 63.7. The van der Waals surface area contributed by atoms with Crippen molar-refractivity contribution in [3.05, 3.63) is 218 Å². The number of hydrogen-bond acceptors (Lipinski definition) is 19. The van der Waals surface area contributed by atoms with E-state index < -0.39 is 12.7 Å². The average molecular weight is 2060 g/mol. The SMILES string of the molecule is Brc1c(-c2ccn(C3CC3)n2)nc2n1CCC2.C1CCOC1.C1CCOC1.CC(=O)c1cnc2ccc(-c3c(-c4ccn(C5CC5)n4)nc4n3CCC4)cn12.CC(C)(O)c1cnc2ccc(-c3c(-c4ccn(C5CC5)n4)nc4n3CCC4)cn12.CC1(C)OB(c2ccc3ncc(C#N)n3c2)OC1(C)C.[Br-].[Br-].[C-]#[N+]c1cnc2ccc(-c3c(-c4ccn(C5CC5)n4)nc4n3CCC4)cn12.[CH3-].[CH3-].[Mg+2].[Mg+2]. The fourth-order valence-electron chi connectivity index (χ4n) is 18.2. The zero-order valence-corrected chi connectivity index (χ0v) is 86.8. The molecule has 23 heterocycles. The topological polar surface area (TPSA) is 314 Å². The van der Waals surface area contributed by atoms with Gasteiger partial charge < -0.3 is 100 Å². The zero-order valence-electron chi connectivity index (χ0n) is 79.2. The van der Waals surface area contributed by atoms with Crippen molar-refractivity contribution < 1.29 is 62.6 Å². The monoisotopic (exact) mass is 2060 g/mol. The number of carbonyl (C=O) groups is 1. The van der Waals surface area contributed by atoms with Crippen LogP contribution in [0.25, 0.3) is 107 Å². The summed E-state index contributed by atoms with van der Waals surface area (Å²) in [6.45, 7) is 28.6. The van der Waals surface area contributed by atoms with Crippen molar-refractivity contribution in [2.45, 2.75) is 244 Å². The van der Waals surface area contributed by atoms with Gasteiger partial charge in [0.1, 0.15) is 113 Å². The van der Waals surface area contributed by atoms with Crippen molar-refractivity contribution in [2.24, 2.45) is 0 Å². The molecular weight excluding hydrogens is 1950 g/mol. The molecule has 0 aromatic carbocycles. The fraction of sp³-hybridized carbons (Fsp3) is 0.424. The molecule has 1 N–H and O–H groups in total. The van der Waals surface area contributed by atoms with Crippen molar-refractivity contribution in [1.29, 1.82) is 5.26 Å². The number of nitriles is 1. The molecular formula is C99H112BBr3Mg2N26O6. The molecule has 0 radical (unpaired) electrons. The predicted molar refractivity (Wildman–Crippen MR) is 522 cm³/mol. The summed E-state index contributed by atoms with van der Waals surface area (Å²) in [5.74, 6) is 5.08. The maximum Gasteiger partial charge on any atom is 2.00 e. The summed E-state index contributed by atoms with van der Waals surface area (Å²) >= 11 is 3.65. The Bertz CT molecular complexity index is 7050. The van der Waals surface area contributed by atoms with Crippen LogP contribution >= 0.6 is 15.9 Å². The quantitative estimate of drug-likeness (QED) is 0.0600. The van der Waals surface area contributed by atoms with Crippen LogP contribution in [0.4, 0.5) is 5.82 Å².